The Hall–Kier alpha value is -1.47. The lowest BCUT2D eigenvalue weighted by molar-refractivity contribution is -0.142. The fraction of sp³-hybridized carbons (Fsp3) is 0.824. The molecule has 3 aliphatic heterocycles. The molecule has 0 radical (unpaired) electrons. The summed E-state index contributed by atoms with van der Waals surface area (Å²) < 4.78 is 7.84. The van der Waals surface area contributed by atoms with Crippen LogP contribution in [0.15, 0.2) is 0 Å². The van der Waals surface area contributed by atoms with E-state index in [9.17, 15) is 4.79 Å². The molecule has 7 nitrogen and oxygen atoms in total. The molecule has 7 heteroatoms. The van der Waals surface area contributed by atoms with Crippen molar-refractivity contribution in [1.29, 1.82) is 0 Å². The Morgan fingerprint density at radius 3 is 2.71 bits per heavy atom. The summed E-state index contributed by atoms with van der Waals surface area (Å²) in [6.45, 7) is 6.01. The maximum atomic E-state index is 12.4. The van der Waals surface area contributed by atoms with Crippen molar-refractivity contribution in [2.75, 3.05) is 32.8 Å². The zero-order valence-corrected chi connectivity index (χ0v) is 14.3. The Bertz CT molecular complexity index is 574. The van der Waals surface area contributed by atoms with Gasteiger partial charge >= 0.3 is 0 Å². The minimum Gasteiger partial charge on any atom is -0.368 e. The predicted molar refractivity (Wildman–Crippen MR) is 88.4 cm³/mol. The molecule has 0 unspecified atom stereocenters. The number of carbonyl (C=O) groups excluding carboxylic acids is 1. The molecular weight excluding hydrogens is 306 g/mol. The van der Waals surface area contributed by atoms with Crippen LogP contribution in [0.5, 0.6) is 0 Å². The number of aromatic nitrogens is 3. The summed E-state index contributed by atoms with van der Waals surface area (Å²) in [4.78, 5) is 16.8. The highest BCUT2D eigenvalue weighted by Gasteiger charge is 2.30. The Balaban J connectivity index is 1.32. The zero-order chi connectivity index (χ0) is 16.4. The first-order valence-corrected chi connectivity index (χ1v) is 9.35. The zero-order valence-electron chi connectivity index (χ0n) is 14.3. The molecule has 0 bridgehead atoms. The van der Waals surface area contributed by atoms with E-state index < -0.39 is 0 Å². The lowest BCUT2D eigenvalue weighted by Crippen LogP contribution is -2.51. The molecule has 132 valence electrons. The molecule has 2 fully saturated rings. The molecule has 4 heterocycles. The van der Waals surface area contributed by atoms with Crippen LogP contribution < -0.4 is 0 Å². The molecule has 0 N–H and O–H groups in total. The van der Waals surface area contributed by atoms with Crippen LogP contribution in [0.3, 0.4) is 0 Å². The SMILES string of the molecule is O=C([C@H]1CCCO1)N1CCN(Cc2nnc3n2CCCCC3)CC1. The normalized spacial score (nSPS) is 25.5. The Labute approximate surface area is 143 Å². The lowest BCUT2D eigenvalue weighted by Gasteiger charge is -2.35. The van der Waals surface area contributed by atoms with Crippen LogP contribution in [0.2, 0.25) is 0 Å². The predicted octanol–water partition coefficient (Wildman–Crippen LogP) is 0.828. The number of fused-ring (bicyclic) bond motifs is 1. The van der Waals surface area contributed by atoms with Crippen molar-refractivity contribution in [2.45, 2.75) is 57.7 Å². The van der Waals surface area contributed by atoms with Crippen molar-refractivity contribution in [2.24, 2.45) is 0 Å². The van der Waals surface area contributed by atoms with Crippen molar-refractivity contribution >= 4 is 5.91 Å². The van der Waals surface area contributed by atoms with Gasteiger partial charge in [0.25, 0.3) is 5.91 Å². The number of carbonyl (C=O) groups is 1. The number of nitrogens with zero attached hydrogens (tertiary/aromatic N) is 5. The highest BCUT2D eigenvalue weighted by atomic mass is 16.5. The Kier molecular flexibility index (Phi) is 4.80. The van der Waals surface area contributed by atoms with Gasteiger partial charge in [0, 0.05) is 45.8 Å². The first kappa shape index (κ1) is 16.0. The van der Waals surface area contributed by atoms with Crippen molar-refractivity contribution in [1.82, 2.24) is 24.6 Å². The average molecular weight is 333 g/mol. The summed E-state index contributed by atoms with van der Waals surface area (Å²) in [6, 6.07) is 0. The van der Waals surface area contributed by atoms with Crippen molar-refractivity contribution < 1.29 is 9.53 Å². The monoisotopic (exact) mass is 333 g/mol. The number of hydrogen-bond donors (Lipinski definition) is 0. The number of amides is 1. The van der Waals surface area contributed by atoms with E-state index in [0.29, 0.717) is 0 Å². The maximum absolute atomic E-state index is 12.4. The van der Waals surface area contributed by atoms with Gasteiger partial charge in [-0.25, -0.2) is 0 Å². The summed E-state index contributed by atoms with van der Waals surface area (Å²) in [7, 11) is 0. The molecule has 2 saturated heterocycles. The molecule has 0 spiro atoms. The first-order chi connectivity index (χ1) is 11.8. The van der Waals surface area contributed by atoms with Gasteiger partial charge in [-0.15, -0.1) is 10.2 Å². The minimum atomic E-state index is -0.191. The molecule has 1 amide bonds. The standard InChI is InChI=1S/C17H27N5O2/c23-17(14-5-4-12-24-14)21-10-8-20(9-11-21)13-16-19-18-15-6-2-1-3-7-22(15)16/h14H,1-13H2/t14-/m1/s1. The van der Waals surface area contributed by atoms with Crippen molar-refractivity contribution in [3.05, 3.63) is 11.6 Å². The van der Waals surface area contributed by atoms with E-state index in [1.807, 2.05) is 4.90 Å². The number of ether oxygens (including phenoxy) is 1. The van der Waals surface area contributed by atoms with E-state index in [1.165, 1.54) is 19.3 Å². The van der Waals surface area contributed by atoms with E-state index in [4.69, 9.17) is 4.74 Å². The minimum absolute atomic E-state index is 0.184. The third-order valence-electron chi connectivity index (χ3n) is 5.44. The van der Waals surface area contributed by atoms with E-state index in [2.05, 4.69) is 19.7 Å². The van der Waals surface area contributed by atoms with Gasteiger partial charge in [-0.05, 0) is 25.7 Å². The van der Waals surface area contributed by atoms with Gasteiger partial charge in [-0.1, -0.05) is 6.42 Å². The summed E-state index contributed by atoms with van der Waals surface area (Å²) >= 11 is 0. The van der Waals surface area contributed by atoms with Gasteiger partial charge in [0.15, 0.2) is 0 Å². The molecule has 1 aromatic rings. The van der Waals surface area contributed by atoms with Crippen LogP contribution in [0.25, 0.3) is 0 Å². The topological polar surface area (TPSA) is 63.5 Å². The fourth-order valence-electron chi connectivity index (χ4n) is 3.96. The molecule has 1 atom stereocenters. The van der Waals surface area contributed by atoms with Crippen LogP contribution >= 0.6 is 0 Å². The maximum Gasteiger partial charge on any atom is 0.251 e. The molecule has 1 aromatic heterocycles. The largest absolute Gasteiger partial charge is 0.368 e. The number of piperazine rings is 1. The second-order valence-corrected chi connectivity index (χ2v) is 7.10. The van der Waals surface area contributed by atoms with Gasteiger partial charge in [-0.2, -0.15) is 0 Å². The number of hydrogen-bond acceptors (Lipinski definition) is 5. The van der Waals surface area contributed by atoms with Gasteiger partial charge in [0.1, 0.15) is 17.8 Å². The molecule has 24 heavy (non-hydrogen) atoms. The lowest BCUT2D eigenvalue weighted by atomic mass is 10.2. The molecule has 0 aromatic carbocycles. The third kappa shape index (κ3) is 3.32. The molecule has 3 aliphatic rings. The summed E-state index contributed by atoms with van der Waals surface area (Å²) in [5.41, 5.74) is 0. The van der Waals surface area contributed by atoms with Crippen LogP contribution in [0.1, 0.15) is 43.8 Å². The van der Waals surface area contributed by atoms with E-state index in [0.717, 1.165) is 76.8 Å². The summed E-state index contributed by atoms with van der Waals surface area (Å²) in [6.07, 6.45) is 6.48. The van der Waals surface area contributed by atoms with E-state index in [-0.39, 0.29) is 12.0 Å². The smallest absolute Gasteiger partial charge is 0.251 e. The first-order valence-electron chi connectivity index (χ1n) is 9.35. The quantitative estimate of drug-likeness (QED) is 0.820. The molecule has 4 rings (SSSR count). The van der Waals surface area contributed by atoms with Crippen molar-refractivity contribution in [3.63, 3.8) is 0 Å². The molecule has 0 aliphatic carbocycles. The highest BCUT2D eigenvalue weighted by Crippen LogP contribution is 2.18. The average Bonchev–Trinajstić information content (AvgIpc) is 3.21. The molecule has 0 saturated carbocycles. The third-order valence-corrected chi connectivity index (χ3v) is 5.44. The van der Waals surface area contributed by atoms with E-state index >= 15 is 0 Å². The van der Waals surface area contributed by atoms with Crippen LogP contribution in [0, 0.1) is 0 Å². The number of rotatable bonds is 3. The van der Waals surface area contributed by atoms with Crippen LogP contribution in [-0.4, -0.2) is 69.4 Å². The van der Waals surface area contributed by atoms with Crippen LogP contribution in [-0.2, 0) is 29.0 Å². The second kappa shape index (κ2) is 7.19. The highest BCUT2D eigenvalue weighted by molar-refractivity contribution is 5.81. The fourth-order valence-corrected chi connectivity index (χ4v) is 3.96. The van der Waals surface area contributed by atoms with Crippen LogP contribution in [0.4, 0.5) is 0 Å². The Morgan fingerprint density at radius 2 is 1.92 bits per heavy atom. The summed E-state index contributed by atoms with van der Waals surface area (Å²) in [5, 5.41) is 8.80. The number of aryl methyl sites for hydroxylation is 1. The van der Waals surface area contributed by atoms with Gasteiger partial charge in [-0.3, -0.25) is 9.69 Å². The van der Waals surface area contributed by atoms with Gasteiger partial charge in [0.05, 0.1) is 6.54 Å². The van der Waals surface area contributed by atoms with E-state index in [1.54, 1.807) is 0 Å². The van der Waals surface area contributed by atoms with Gasteiger partial charge < -0.3 is 14.2 Å². The van der Waals surface area contributed by atoms with Gasteiger partial charge in [0.2, 0.25) is 0 Å². The molecular formula is C17H27N5O2. The van der Waals surface area contributed by atoms with Crippen molar-refractivity contribution in [3.8, 4) is 0 Å². The summed E-state index contributed by atoms with van der Waals surface area (Å²) in [5.74, 6) is 2.42. The Morgan fingerprint density at radius 1 is 1.04 bits per heavy atom. The second-order valence-electron chi connectivity index (χ2n) is 7.10.